The molecule has 6 rings (SSSR count). The molecule has 2 fully saturated rings. The third-order valence-corrected chi connectivity index (χ3v) is 8.50. The maximum absolute atomic E-state index is 12.8. The first-order valence-corrected chi connectivity index (χ1v) is 14.4. The average Bonchev–Trinajstić information content (AvgIpc) is 3.37. The zero-order valence-corrected chi connectivity index (χ0v) is 25.0. The van der Waals surface area contributed by atoms with E-state index in [4.69, 9.17) is 44.5 Å². The third-order valence-electron chi connectivity index (χ3n) is 7.49. The van der Waals surface area contributed by atoms with E-state index in [-0.39, 0.29) is 32.9 Å². The quantitative estimate of drug-likeness (QED) is 0.267. The number of methoxy groups -OCH3 is 1. The number of amides is 2. The molecular formula is C29H24Cl3N7O4. The minimum atomic E-state index is -0.701. The Labute approximate surface area is 260 Å². The molecular weight excluding hydrogens is 617 g/mol. The van der Waals surface area contributed by atoms with Crippen molar-refractivity contribution in [2.24, 2.45) is 0 Å². The lowest BCUT2D eigenvalue weighted by Crippen LogP contribution is -2.66. The number of hydrogen-bond donors (Lipinski definition) is 3. The van der Waals surface area contributed by atoms with E-state index in [2.05, 4.69) is 30.7 Å². The van der Waals surface area contributed by atoms with Gasteiger partial charge in [-0.3, -0.25) is 24.3 Å². The van der Waals surface area contributed by atoms with Crippen LogP contribution >= 0.6 is 34.8 Å². The summed E-state index contributed by atoms with van der Waals surface area (Å²) >= 11 is 19.5. The first kappa shape index (κ1) is 29.1. The highest BCUT2D eigenvalue weighted by atomic mass is 35.5. The number of ether oxygens (including phenoxy) is 1. The number of aromatic nitrogens is 4. The van der Waals surface area contributed by atoms with E-state index in [1.54, 1.807) is 30.5 Å². The monoisotopic (exact) mass is 639 g/mol. The van der Waals surface area contributed by atoms with Gasteiger partial charge < -0.3 is 15.4 Å². The number of nitrogens with zero attached hydrogens (tertiary/aromatic N) is 4. The minimum Gasteiger partial charge on any atom is -0.480 e. The molecule has 0 atom stereocenters. The topological polar surface area (TPSA) is 142 Å². The molecule has 14 heteroatoms. The Kier molecular flexibility index (Phi) is 7.82. The van der Waals surface area contributed by atoms with Crippen molar-refractivity contribution in [3.05, 3.63) is 85.5 Å². The standard InChI is InChI=1S/C29H24Cl3N7O4/c1-43-28-21(12-39-13-29(14-39)9-8-23(40)36-29)33-11-20(35-28)17-6-2-4-15(24(17)31)16-5-3-7-19(25(16)32)34-26(41)18-10-22(30)37-38-27(18)42/h2-7,10-11H,8-9,12-14H2,1H3,(H,34,41)(H,36,40)(H,38,42). The second kappa shape index (κ2) is 11.6. The van der Waals surface area contributed by atoms with Gasteiger partial charge in [-0.25, -0.2) is 10.1 Å². The van der Waals surface area contributed by atoms with E-state index in [0.717, 1.165) is 19.5 Å². The fourth-order valence-electron chi connectivity index (χ4n) is 5.46. The summed E-state index contributed by atoms with van der Waals surface area (Å²) in [4.78, 5) is 48.1. The SMILES string of the molecule is COc1nc(-c2cccc(-c3cccc(NC(=O)c4cc(Cl)n[nH]c4=O)c3Cl)c2Cl)cnc1CN1CC2(CCC(=O)N2)C1. The number of hydrogen-bond acceptors (Lipinski definition) is 8. The summed E-state index contributed by atoms with van der Waals surface area (Å²) in [5.74, 6) is -0.220. The lowest BCUT2D eigenvalue weighted by atomic mass is 9.88. The van der Waals surface area contributed by atoms with Gasteiger partial charge in [0.25, 0.3) is 11.5 Å². The van der Waals surface area contributed by atoms with Crippen LogP contribution in [0.1, 0.15) is 28.9 Å². The molecule has 43 heavy (non-hydrogen) atoms. The Balaban J connectivity index is 1.25. The predicted octanol–water partition coefficient (Wildman–Crippen LogP) is 4.58. The van der Waals surface area contributed by atoms with E-state index < -0.39 is 11.5 Å². The summed E-state index contributed by atoms with van der Waals surface area (Å²) in [6.07, 6.45) is 3.06. The highest BCUT2D eigenvalue weighted by Crippen LogP contribution is 2.41. The van der Waals surface area contributed by atoms with Gasteiger partial charge in [0, 0.05) is 42.7 Å². The fourth-order valence-corrected chi connectivity index (χ4v) is 6.21. The van der Waals surface area contributed by atoms with Crippen LogP contribution in [0.2, 0.25) is 15.2 Å². The molecule has 4 aromatic rings. The smallest absolute Gasteiger partial charge is 0.277 e. The third kappa shape index (κ3) is 5.68. The van der Waals surface area contributed by atoms with Crippen molar-refractivity contribution in [2.75, 3.05) is 25.5 Å². The van der Waals surface area contributed by atoms with Gasteiger partial charge in [0.05, 0.1) is 40.3 Å². The number of H-pyrrole nitrogens is 1. The zero-order valence-electron chi connectivity index (χ0n) is 22.7. The molecule has 3 N–H and O–H groups in total. The van der Waals surface area contributed by atoms with Crippen LogP contribution in [0.3, 0.4) is 0 Å². The number of likely N-dealkylation sites (tertiary alicyclic amines) is 1. The van der Waals surface area contributed by atoms with E-state index in [0.29, 0.717) is 51.9 Å². The van der Waals surface area contributed by atoms with Crippen molar-refractivity contribution in [3.8, 4) is 28.3 Å². The van der Waals surface area contributed by atoms with Gasteiger partial charge in [-0.1, -0.05) is 65.1 Å². The molecule has 2 aliphatic heterocycles. The number of carbonyl (C=O) groups excluding carboxylic acids is 2. The van der Waals surface area contributed by atoms with Gasteiger partial charge in [-0.15, -0.1) is 0 Å². The molecule has 2 saturated heterocycles. The lowest BCUT2D eigenvalue weighted by Gasteiger charge is -2.47. The summed E-state index contributed by atoms with van der Waals surface area (Å²) in [5, 5.41) is 12.0. The van der Waals surface area contributed by atoms with Crippen molar-refractivity contribution in [3.63, 3.8) is 0 Å². The van der Waals surface area contributed by atoms with Gasteiger partial charge in [0.1, 0.15) is 16.4 Å². The van der Waals surface area contributed by atoms with Gasteiger partial charge in [0.2, 0.25) is 11.8 Å². The second-order valence-corrected chi connectivity index (χ2v) is 11.5. The van der Waals surface area contributed by atoms with Gasteiger partial charge in [-0.2, -0.15) is 5.10 Å². The molecule has 0 radical (unpaired) electrons. The summed E-state index contributed by atoms with van der Waals surface area (Å²) in [5.41, 5.74) is 2.18. The van der Waals surface area contributed by atoms with Crippen LogP contribution in [-0.2, 0) is 11.3 Å². The molecule has 2 amide bonds. The Hall–Kier alpha value is -4.03. The van der Waals surface area contributed by atoms with Crippen LogP contribution in [0.15, 0.2) is 53.5 Å². The van der Waals surface area contributed by atoms with Crippen LogP contribution in [0.25, 0.3) is 22.4 Å². The Morgan fingerprint density at radius 2 is 1.79 bits per heavy atom. The maximum Gasteiger partial charge on any atom is 0.277 e. The average molecular weight is 641 g/mol. The Morgan fingerprint density at radius 3 is 2.51 bits per heavy atom. The van der Waals surface area contributed by atoms with E-state index in [9.17, 15) is 14.4 Å². The first-order chi connectivity index (χ1) is 20.7. The summed E-state index contributed by atoms with van der Waals surface area (Å²) in [6, 6.07) is 11.7. The number of anilines is 1. The molecule has 2 aromatic heterocycles. The van der Waals surface area contributed by atoms with E-state index in [1.165, 1.54) is 13.2 Å². The number of rotatable bonds is 7. The molecule has 4 heterocycles. The van der Waals surface area contributed by atoms with Crippen LogP contribution in [0.4, 0.5) is 5.69 Å². The number of benzene rings is 2. The largest absolute Gasteiger partial charge is 0.480 e. The highest BCUT2D eigenvalue weighted by molar-refractivity contribution is 6.39. The number of carbonyl (C=O) groups is 2. The van der Waals surface area contributed by atoms with Gasteiger partial charge >= 0.3 is 0 Å². The molecule has 11 nitrogen and oxygen atoms in total. The Morgan fingerprint density at radius 1 is 1.07 bits per heavy atom. The molecule has 0 bridgehead atoms. The van der Waals surface area contributed by atoms with Gasteiger partial charge in [0.15, 0.2) is 0 Å². The first-order valence-electron chi connectivity index (χ1n) is 13.2. The number of halogens is 3. The van der Waals surface area contributed by atoms with Crippen molar-refractivity contribution >= 4 is 52.3 Å². The van der Waals surface area contributed by atoms with E-state index >= 15 is 0 Å². The lowest BCUT2D eigenvalue weighted by molar-refractivity contribution is -0.120. The van der Waals surface area contributed by atoms with Crippen molar-refractivity contribution < 1.29 is 14.3 Å². The number of aromatic amines is 1. The van der Waals surface area contributed by atoms with Crippen LogP contribution in [0.5, 0.6) is 5.88 Å². The fraction of sp³-hybridized carbons (Fsp3) is 0.241. The Bertz CT molecular complexity index is 1820. The highest BCUT2D eigenvalue weighted by Gasteiger charge is 2.47. The summed E-state index contributed by atoms with van der Waals surface area (Å²) in [7, 11) is 1.54. The molecule has 2 aliphatic rings. The molecule has 0 aliphatic carbocycles. The molecule has 0 saturated carbocycles. The van der Waals surface area contributed by atoms with Crippen LogP contribution < -0.4 is 20.9 Å². The predicted molar refractivity (Wildman–Crippen MR) is 163 cm³/mol. The van der Waals surface area contributed by atoms with Crippen molar-refractivity contribution in [1.82, 2.24) is 30.4 Å². The number of nitrogens with one attached hydrogen (secondary N) is 3. The minimum absolute atomic E-state index is 0.0334. The molecule has 2 aromatic carbocycles. The second-order valence-electron chi connectivity index (χ2n) is 10.4. The van der Waals surface area contributed by atoms with E-state index in [1.807, 2.05) is 12.1 Å². The van der Waals surface area contributed by atoms with Crippen LogP contribution in [-0.4, -0.2) is 62.6 Å². The molecule has 0 unspecified atom stereocenters. The van der Waals surface area contributed by atoms with Crippen molar-refractivity contribution in [2.45, 2.75) is 24.9 Å². The zero-order chi connectivity index (χ0) is 30.3. The van der Waals surface area contributed by atoms with Gasteiger partial charge in [-0.05, 0) is 18.6 Å². The molecule has 220 valence electrons. The molecule has 1 spiro atoms. The summed E-state index contributed by atoms with van der Waals surface area (Å²) < 4.78 is 5.58. The summed E-state index contributed by atoms with van der Waals surface area (Å²) in [6.45, 7) is 2.05. The maximum atomic E-state index is 12.8. The normalized spacial score (nSPS) is 15.7. The van der Waals surface area contributed by atoms with Crippen LogP contribution in [0, 0.1) is 0 Å². The van der Waals surface area contributed by atoms with Crippen molar-refractivity contribution in [1.29, 1.82) is 0 Å².